The molecule has 0 radical (unpaired) electrons. The van der Waals surface area contributed by atoms with Crippen LogP contribution in [0.15, 0.2) is 18.2 Å². The van der Waals surface area contributed by atoms with Crippen molar-refractivity contribution in [2.45, 2.75) is 32.7 Å². The zero-order valence-electron chi connectivity index (χ0n) is 10.6. The number of ether oxygens (including phenoxy) is 1. The number of rotatable bonds is 5. The lowest BCUT2D eigenvalue weighted by Crippen LogP contribution is -2.26. The summed E-state index contributed by atoms with van der Waals surface area (Å²) < 4.78 is 5.19. The molecule has 1 aromatic carbocycles. The Labute approximate surface area is 102 Å². The molecule has 1 amide bonds. The average Bonchev–Trinajstić information content (AvgIpc) is 2.29. The lowest BCUT2D eigenvalue weighted by Gasteiger charge is -2.12. The van der Waals surface area contributed by atoms with Crippen molar-refractivity contribution in [3.05, 3.63) is 23.8 Å². The van der Waals surface area contributed by atoms with Crippen LogP contribution in [0.5, 0.6) is 5.75 Å². The van der Waals surface area contributed by atoms with Crippen molar-refractivity contribution < 1.29 is 9.53 Å². The standard InChI is InChI=1S/C13H20N2O2/c1-4-10(14)8-13(16)15-11-7-9(2)5-6-12(11)17-3/h5-7,10H,4,8,14H2,1-3H3,(H,15,16). The van der Waals surface area contributed by atoms with Crippen LogP contribution in [0.2, 0.25) is 0 Å². The van der Waals surface area contributed by atoms with Gasteiger partial charge in [0.25, 0.3) is 0 Å². The minimum atomic E-state index is -0.0918. The fourth-order valence-corrected chi connectivity index (χ4v) is 1.50. The highest BCUT2D eigenvalue weighted by Crippen LogP contribution is 2.25. The SMILES string of the molecule is CCC(N)CC(=O)Nc1cc(C)ccc1OC. The van der Waals surface area contributed by atoms with Gasteiger partial charge in [0.05, 0.1) is 12.8 Å². The Balaban J connectivity index is 2.73. The molecule has 4 nitrogen and oxygen atoms in total. The molecule has 0 saturated carbocycles. The molecule has 1 unspecified atom stereocenters. The van der Waals surface area contributed by atoms with Crippen LogP contribution in [-0.2, 0) is 4.79 Å². The Morgan fingerprint density at radius 3 is 2.82 bits per heavy atom. The molecule has 3 N–H and O–H groups in total. The minimum Gasteiger partial charge on any atom is -0.495 e. The number of methoxy groups -OCH3 is 1. The second kappa shape index (κ2) is 6.25. The third-order valence-corrected chi connectivity index (χ3v) is 2.60. The predicted molar refractivity (Wildman–Crippen MR) is 69.2 cm³/mol. The molecule has 1 aromatic rings. The number of nitrogens with one attached hydrogen (secondary N) is 1. The summed E-state index contributed by atoms with van der Waals surface area (Å²) in [6.45, 7) is 3.93. The van der Waals surface area contributed by atoms with Gasteiger partial charge in [-0.1, -0.05) is 13.0 Å². The lowest BCUT2D eigenvalue weighted by molar-refractivity contribution is -0.116. The molecular formula is C13H20N2O2. The first-order valence-corrected chi connectivity index (χ1v) is 5.77. The Bertz CT molecular complexity index is 391. The summed E-state index contributed by atoms with van der Waals surface area (Å²) in [5.74, 6) is 0.581. The van der Waals surface area contributed by atoms with E-state index in [1.807, 2.05) is 32.0 Å². The molecule has 94 valence electrons. The zero-order chi connectivity index (χ0) is 12.8. The van der Waals surface area contributed by atoms with Crippen LogP contribution in [0, 0.1) is 6.92 Å². The molecule has 17 heavy (non-hydrogen) atoms. The first kappa shape index (κ1) is 13.5. The summed E-state index contributed by atoms with van der Waals surface area (Å²) in [5.41, 5.74) is 7.50. The molecule has 1 rings (SSSR count). The van der Waals surface area contributed by atoms with E-state index in [1.54, 1.807) is 7.11 Å². The number of anilines is 1. The van der Waals surface area contributed by atoms with Crippen molar-refractivity contribution in [2.75, 3.05) is 12.4 Å². The Kier molecular flexibility index (Phi) is 4.97. The van der Waals surface area contributed by atoms with Crippen LogP contribution in [0.3, 0.4) is 0 Å². The van der Waals surface area contributed by atoms with Gasteiger partial charge in [-0.05, 0) is 31.0 Å². The second-order valence-electron chi connectivity index (χ2n) is 4.12. The van der Waals surface area contributed by atoms with Crippen LogP contribution in [0.25, 0.3) is 0 Å². The van der Waals surface area contributed by atoms with Crippen LogP contribution in [-0.4, -0.2) is 19.1 Å². The van der Waals surface area contributed by atoms with E-state index < -0.39 is 0 Å². The first-order valence-electron chi connectivity index (χ1n) is 5.77. The molecule has 0 spiro atoms. The number of hydrogen-bond acceptors (Lipinski definition) is 3. The van der Waals surface area contributed by atoms with Crippen molar-refractivity contribution >= 4 is 11.6 Å². The largest absolute Gasteiger partial charge is 0.495 e. The third-order valence-electron chi connectivity index (χ3n) is 2.60. The number of benzene rings is 1. The van der Waals surface area contributed by atoms with E-state index >= 15 is 0 Å². The van der Waals surface area contributed by atoms with Crippen molar-refractivity contribution in [2.24, 2.45) is 5.73 Å². The Hall–Kier alpha value is -1.55. The van der Waals surface area contributed by atoms with Gasteiger partial charge in [0.2, 0.25) is 5.91 Å². The molecule has 0 fully saturated rings. The Morgan fingerprint density at radius 2 is 2.24 bits per heavy atom. The van der Waals surface area contributed by atoms with Gasteiger partial charge in [0, 0.05) is 12.5 Å². The monoisotopic (exact) mass is 236 g/mol. The van der Waals surface area contributed by atoms with Crippen molar-refractivity contribution in [1.82, 2.24) is 0 Å². The Morgan fingerprint density at radius 1 is 1.53 bits per heavy atom. The minimum absolute atomic E-state index is 0.0803. The number of nitrogens with two attached hydrogens (primary N) is 1. The van der Waals surface area contributed by atoms with E-state index in [9.17, 15) is 4.79 Å². The maximum Gasteiger partial charge on any atom is 0.226 e. The number of aryl methyl sites for hydroxylation is 1. The van der Waals surface area contributed by atoms with Gasteiger partial charge in [0.1, 0.15) is 5.75 Å². The summed E-state index contributed by atoms with van der Waals surface area (Å²) in [6, 6.07) is 5.57. The van der Waals surface area contributed by atoms with Gasteiger partial charge in [-0.3, -0.25) is 4.79 Å². The summed E-state index contributed by atoms with van der Waals surface area (Å²) in [5, 5.41) is 2.82. The van der Waals surface area contributed by atoms with E-state index in [0.29, 0.717) is 17.9 Å². The van der Waals surface area contributed by atoms with Gasteiger partial charge in [-0.2, -0.15) is 0 Å². The van der Waals surface area contributed by atoms with Crippen molar-refractivity contribution in [3.8, 4) is 5.75 Å². The van der Waals surface area contributed by atoms with Crippen LogP contribution >= 0.6 is 0 Å². The summed E-state index contributed by atoms with van der Waals surface area (Å²) in [7, 11) is 1.58. The average molecular weight is 236 g/mol. The van der Waals surface area contributed by atoms with E-state index in [2.05, 4.69) is 5.32 Å². The fourth-order valence-electron chi connectivity index (χ4n) is 1.50. The molecule has 4 heteroatoms. The molecule has 1 atom stereocenters. The third kappa shape index (κ3) is 4.07. The highest BCUT2D eigenvalue weighted by molar-refractivity contribution is 5.92. The second-order valence-corrected chi connectivity index (χ2v) is 4.12. The van der Waals surface area contributed by atoms with Gasteiger partial charge < -0.3 is 15.8 Å². The summed E-state index contributed by atoms with van der Waals surface area (Å²) >= 11 is 0. The quantitative estimate of drug-likeness (QED) is 0.822. The van der Waals surface area contributed by atoms with Crippen molar-refractivity contribution in [3.63, 3.8) is 0 Å². The van der Waals surface area contributed by atoms with E-state index in [4.69, 9.17) is 10.5 Å². The number of carbonyl (C=O) groups excluding carboxylic acids is 1. The highest BCUT2D eigenvalue weighted by atomic mass is 16.5. The van der Waals surface area contributed by atoms with E-state index in [0.717, 1.165) is 12.0 Å². The molecular weight excluding hydrogens is 216 g/mol. The van der Waals surface area contributed by atoms with E-state index in [-0.39, 0.29) is 11.9 Å². The molecule has 0 aromatic heterocycles. The summed E-state index contributed by atoms with van der Waals surface area (Å²) in [6.07, 6.45) is 1.12. The molecule has 0 aliphatic carbocycles. The van der Waals surface area contributed by atoms with Crippen LogP contribution < -0.4 is 15.8 Å². The maximum absolute atomic E-state index is 11.7. The lowest BCUT2D eigenvalue weighted by atomic mass is 10.1. The fraction of sp³-hybridized carbons (Fsp3) is 0.462. The van der Waals surface area contributed by atoms with Crippen LogP contribution in [0.4, 0.5) is 5.69 Å². The highest BCUT2D eigenvalue weighted by Gasteiger charge is 2.10. The topological polar surface area (TPSA) is 64.4 Å². The maximum atomic E-state index is 11.7. The van der Waals surface area contributed by atoms with Crippen LogP contribution in [0.1, 0.15) is 25.3 Å². The van der Waals surface area contributed by atoms with Crippen molar-refractivity contribution in [1.29, 1.82) is 0 Å². The van der Waals surface area contributed by atoms with Gasteiger partial charge >= 0.3 is 0 Å². The number of carbonyl (C=O) groups is 1. The zero-order valence-corrected chi connectivity index (χ0v) is 10.6. The summed E-state index contributed by atoms with van der Waals surface area (Å²) in [4.78, 5) is 11.7. The smallest absolute Gasteiger partial charge is 0.226 e. The number of hydrogen-bond donors (Lipinski definition) is 2. The molecule has 0 bridgehead atoms. The van der Waals surface area contributed by atoms with Gasteiger partial charge in [0.15, 0.2) is 0 Å². The molecule has 0 heterocycles. The molecule has 0 aliphatic rings. The normalized spacial score (nSPS) is 12.0. The molecule has 0 aliphatic heterocycles. The van der Waals surface area contributed by atoms with Gasteiger partial charge in [-0.25, -0.2) is 0 Å². The predicted octanol–water partition coefficient (Wildman–Crippen LogP) is 2.07. The van der Waals surface area contributed by atoms with E-state index in [1.165, 1.54) is 0 Å². The number of amides is 1. The molecule has 0 saturated heterocycles. The van der Waals surface area contributed by atoms with Gasteiger partial charge in [-0.15, -0.1) is 0 Å². The first-order chi connectivity index (χ1) is 8.06.